The van der Waals surface area contributed by atoms with Crippen molar-refractivity contribution in [2.45, 2.75) is 26.8 Å². The molecule has 1 heterocycles. The molecule has 0 amide bonds. The number of hydrogen-bond donors (Lipinski definition) is 0. The summed E-state index contributed by atoms with van der Waals surface area (Å²) in [6.07, 6.45) is 0. The van der Waals surface area contributed by atoms with Gasteiger partial charge in [-0.3, -0.25) is 9.69 Å². The zero-order valence-electron chi connectivity index (χ0n) is 6.92. The molecule has 1 unspecified atom stereocenters. The highest BCUT2D eigenvalue weighted by molar-refractivity contribution is 5.84. The van der Waals surface area contributed by atoms with E-state index in [1.165, 1.54) is 0 Å². The molecule has 0 bridgehead atoms. The van der Waals surface area contributed by atoms with Gasteiger partial charge in [0.05, 0.1) is 6.54 Å². The first kappa shape index (κ1) is 7.73. The van der Waals surface area contributed by atoms with Crippen molar-refractivity contribution in [3.63, 3.8) is 0 Å². The summed E-state index contributed by atoms with van der Waals surface area (Å²) < 4.78 is 0. The molecule has 0 N–H and O–H groups in total. The van der Waals surface area contributed by atoms with E-state index in [1.807, 2.05) is 6.92 Å². The third kappa shape index (κ3) is 1.37. The third-order valence-corrected chi connectivity index (χ3v) is 2.15. The van der Waals surface area contributed by atoms with Crippen LogP contribution in [-0.4, -0.2) is 29.8 Å². The Kier molecular flexibility index (Phi) is 2.09. The highest BCUT2D eigenvalue weighted by Gasteiger charge is 2.27. The highest BCUT2D eigenvalue weighted by Crippen LogP contribution is 2.13. The van der Waals surface area contributed by atoms with Crippen molar-refractivity contribution in [2.75, 3.05) is 13.1 Å². The Morgan fingerprint density at radius 1 is 1.60 bits per heavy atom. The van der Waals surface area contributed by atoms with Crippen molar-refractivity contribution < 1.29 is 4.79 Å². The number of Topliss-reactive ketones (excluding diaryl/α,β-unsaturated/α-hetero) is 1. The molecule has 1 rings (SSSR count). The van der Waals surface area contributed by atoms with Crippen LogP contribution in [0.25, 0.3) is 0 Å². The Morgan fingerprint density at radius 3 is 2.40 bits per heavy atom. The first-order valence-electron chi connectivity index (χ1n) is 3.88. The molecule has 0 aromatic rings. The van der Waals surface area contributed by atoms with Crippen LogP contribution in [0.3, 0.4) is 0 Å². The summed E-state index contributed by atoms with van der Waals surface area (Å²) in [5, 5.41) is 0. The van der Waals surface area contributed by atoms with Crippen molar-refractivity contribution in [3.05, 3.63) is 0 Å². The number of ketones is 1. The predicted octanol–water partition coefficient (Wildman–Crippen LogP) is 0.916. The van der Waals surface area contributed by atoms with Crippen LogP contribution in [0.15, 0.2) is 0 Å². The molecule has 2 heteroatoms. The average molecular weight is 141 g/mol. The van der Waals surface area contributed by atoms with Crippen LogP contribution >= 0.6 is 0 Å². The van der Waals surface area contributed by atoms with E-state index in [0.717, 1.165) is 6.54 Å². The van der Waals surface area contributed by atoms with Crippen molar-refractivity contribution in [2.24, 2.45) is 5.92 Å². The molecule has 1 aliphatic rings. The van der Waals surface area contributed by atoms with Gasteiger partial charge in [-0.1, -0.05) is 6.92 Å². The fraction of sp³-hybridized carbons (Fsp3) is 0.875. The van der Waals surface area contributed by atoms with Crippen LogP contribution in [0, 0.1) is 5.92 Å². The smallest absolute Gasteiger partial charge is 0.150 e. The summed E-state index contributed by atoms with van der Waals surface area (Å²) in [5.74, 6) is 0.663. The second kappa shape index (κ2) is 2.70. The average Bonchev–Trinajstić information content (AvgIpc) is 2.13. The van der Waals surface area contributed by atoms with Crippen molar-refractivity contribution in [1.82, 2.24) is 4.90 Å². The predicted molar refractivity (Wildman–Crippen MR) is 40.9 cm³/mol. The largest absolute Gasteiger partial charge is 0.298 e. The first-order valence-corrected chi connectivity index (χ1v) is 3.88. The van der Waals surface area contributed by atoms with Gasteiger partial charge >= 0.3 is 0 Å². The SMILES string of the molecule is CC1CN(C(C)C)CC1=O. The monoisotopic (exact) mass is 141 g/mol. The second-order valence-corrected chi connectivity index (χ2v) is 3.39. The summed E-state index contributed by atoms with van der Waals surface area (Å²) in [5.41, 5.74) is 0. The highest BCUT2D eigenvalue weighted by atomic mass is 16.1. The van der Waals surface area contributed by atoms with Gasteiger partial charge in [0.25, 0.3) is 0 Å². The van der Waals surface area contributed by atoms with E-state index in [0.29, 0.717) is 18.4 Å². The zero-order chi connectivity index (χ0) is 7.72. The molecule has 0 aromatic carbocycles. The van der Waals surface area contributed by atoms with Gasteiger partial charge in [0.2, 0.25) is 0 Å². The minimum absolute atomic E-state index is 0.266. The molecular weight excluding hydrogens is 126 g/mol. The molecule has 0 saturated carbocycles. The van der Waals surface area contributed by atoms with Crippen LogP contribution in [0.5, 0.6) is 0 Å². The lowest BCUT2D eigenvalue weighted by Crippen LogP contribution is -2.28. The van der Waals surface area contributed by atoms with E-state index in [2.05, 4.69) is 18.7 Å². The van der Waals surface area contributed by atoms with Gasteiger partial charge in [-0.25, -0.2) is 0 Å². The summed E-state index contributed by atoms with van der Waals surface area (Å²) in [6.45, 7) is 7.89. The zero-order valence-corrected chi connectivity index (χ0v) is 6.92. The van der Waals surface area contributed by atoms with Gasteiger partial charge in [-0.05, 0) is 13.8 Å². The first-order chi connectivity index (χ1) is 4.61. The number of carbonyl (C=O) groups is 1. The van der Waals surface area contributed by atoms with E-state index >= 15 is 0 Å². The summed E-state index contributed by atoms with van der Waals surface area (Å²) in [7, 11) is 0. The molecule has 2 nitrogen and oxygen atoms in total. The molecule has 0 spiro atoms. The Balaban J connectivity index is 2.49. The van der Waals surface area contributed by atoms with E-state index in [1.54, 1.807) is 0 Å². The van der Waals surface area contributed by atoms with Crippen LogP contribution in [-0.2, 0) is 4.79 Å². The number of hydrogen-bond acceptors (Lipinski definition) is 2. The summed E-state index contributed by atoms with van der Waals surface area (Å²) in [6, 6.07) is 0.522. The topological polar surface area (TPSA) is 20.3 Å². The molecular formula is C8H15NO. The Bertz CT molecular complexity index is 142. The van der Waals surface area contributed by atoms with Crippen LogP contribution in [0.4, 0.5) is 0 Å². The minimum atomic E-state index is 0.266. The number of likely N-dealkylation sites (tertiary alicyclic amines) is 1. The van der Waals surface area contributed by atoms with Crippen molar-refractivity contribution in [3.8, 4) is 0 Å². The van der Waals surface area contributed by atoms with Crippen LogP contribution in [0.2, 0.25) is 0 Å². The molecule has 1 fully saturated rings. The number of nitrogens with zero attached hydrogens (tertiary/aromatic N) is 1. The van der Waals surface area contributed by atoms with Gasteiger partial charge in [-0.2, -0.15) is 0 Å². The normalized spacial score (nSPS) is 28.4. The minimum Gasteiger partial charge on any atom is -0.298 e. The fourth-order valence-corrected chi connectivity index (χ4v) is 1.27. The van der Waals surface area contributed by atoms with E-state index in [-0.39, 0.29) is 5.92 Å². The third-order valence-electron chi connectivity index (χ3n) is 2.15. The van der Waals surface area contributed by atoms with E-state index in [4.69, 9.17) is 0 Å². The lowest BCUT2D eigenvalue weighted by atomic mass is 10.1. The number of rotatable bonds is 1. The quantitative estimate of drug-likeness (QED) is 0.541. The maximum Gasteiger partial charge on any atom is 0.150 e. The molecule has 0 aliphatic carbocycles. The summed E-state index contributed by atoms with van der Waals surface area (Å²) >= 11 is 0. The lowest BCUT2D eigenvalue weighted by molar-refractivity contribution is -0.119. The van der Waals surface area contributed by atoms with Gasteiger partial charge in [-0.15, -0.1) is 0 Å². The van der Waals surface area contributed by atoms with Gasteiger partial charge in [0, 0.05) is 18.5 Å². The summed E-state index contributed by atoms with van der Waals surface area (Å²) in [4.78, 5) is 13.3. The maximum absolute atomic E-state index is 11.0. The Hall–Kier alpha value is -0.370. The molecule has 1 aliphatic heterocycles. The molecule has 1 saturated heterocycles. The standard InChI is InChI=1S/C8H15NO/c1-6(2)9-4-7(3)8(10)5-9/h6-7H,4-5H2,1-3H3. The second-order valence-electron chi connectivity index (χ2n) is 3.39. The molecule has 0 radical (unpaired) electrons. The van der Waals surface area contributed by atoms with Gasteiger partial charge < -0.3 is 0 Å². The molecule has 1 atom stereocenters. The van der Waals surface area contributed by atoms with Crippen molar-refractivity contribution in [1.29, 1.82) is 0 Å². The van der Waals surface area contributed by atoms with E-state index in [9.17, 15) is 4.79 Å². The fourth-order valence-electron chi connectivity index (χ4n) is 1.27. The number of carbonyl (C=O) groups excluding carboxylic acids is 1. The Labute approximate surface area is 62.2 Å². The van der Waals surface area contributed by atoms with Crippen LogP contribution in [0.1, 0.15) is 20.8 Å². The van der Waals surface area contributed by atoms with Gasteiger partial charge in [0.15, 0.2) is 5.78 Å². The molecule has 0 aromatic heterocycles. The van der Waals surface area contributed by atoms with Crippen molar-refractivity contribution >= 4 is 5.78 Å². The van der Waals surface area contributed by atoms with E-state index < -0.39 is 0 Å². The van der Waals surface area contributed by atoms with Crippen LogP contribution < -0.4 is 0 Å². The maximum atomic E-state index is 11.0. The molecule has 58 valence electrons. The van der Waals surface area contributed by atoms with Gasteiger partial charge in [0.1, 0.15) is 0 Å². The lowest BCUT2D eigenvalue weighted by Gasteiger charge is -2.18. The Morgan fingerprint density at radius 2 is 2.20 bits per heavy atom. The molecule has 10 heavy (non-hydrogen) atoms.